The Morgan fingerprint density at radius 1 is 1.40 bits per heavy atom. The average molecular weight is 225 g/mol. The molecule has 0 spiro atoms. The maximum Gasteiger partial charge on any atom is 0.123 e. The molecule has 1 nitrogen and oxygen atoms in total. The number of hydrogen-bond donors (Lipinski definition) is 1. The van der Waals surface area contributed by atoms with Crippen molar-refractivity contribution in [1.82, 2.24) is 0 Å². The van der Waals surface area contributed by atoms with Gasteiger partial charge in [-0.15, -0.1) is 0 Å². The van der Waals surface area contributed by atoms with Gasteiger partial charge in [0, 0.05) is 6.04 Å². The summed E-state index contributed by atoms with van der Waals surface area (Å²) in [6.45, 7) is 0. The molecule has 0 bridgehead atoms. The number of benzene rings is 1. The van der Waals surface area contributed by atoms with Crippen molar-refractivity contribution in [1.29, 1.82) is 0 Å². The minimum Gasteiger partial charge on any atom is -0.327 e. The summed E-state index contributed by atoms with van der Waals surface area (Å²) >= 11 is 1.98. The summed E-state index contributed by atoms with van der Waals surface area (Å²) in [6.07, 6.45) is 2.10. The molecule has 1 heterocycles. The maximum atomic E-state index is 12.7. The summed E-state index contributed by atoms with van der Waals surface area (Å²) in [6, 6.07) is 6.90. The largest absolute Gasteiger partial charge is 0.327 e. The lowest BCUT2D eigenvalue weighted by atomic mass is 9.94. The van der Waals surface area contributed by atoms with Crippen LogP contribution in [0.25, 0.3) is 0 Å². The quantitative estimate of drug-likeness (QED) is 0.855. The van der Waals surface area contributed by atoms with Gasteiger partial charge < -0.3 is 5.73 Å². The van der Waals surface area contributed by atoms with E-state index in [0.29, 0.717) is 5.92 Å². The van der Waals surface area contributed by atoms with Crippen LogP contribution in [0.1, 0.15) is 12.0 Å². The van der Waals surface area contributed by atoms with Crippen LogP contribution >= 0.6 is 11.8 Å². The zero-order valence-corrected chi connectivity index (χ0v) is 9.47. The van der Waals surface area contributed by atoms with Crippen molar-refractivity contribution in [3.8, 4) is 0 Å². The first kappa shape index (κ1) is 11.0. The highest BCUT2D eigenvalue weighted by molar-refractivity contribution is 7.99. The molecule has 0 radical (unpaired) electrons. The van der Waals surface area contributed by atoms with Gasteiger partial charge in [0.15, 0.2) is 0 Å². The summed E-state index contributed by atoms with van der Waals surface area (Å²) in [5, 5.41) is 0. The molecular weight excluding hydrogens is 209 g/mol. The number of rotatable bonds is 3. The molecule has 1 aliphatic heterocycles. The predicted octanol–water partition coefficient (Wildman–Crippen LogP) is 2.45. The van der Waals surface area contributed by atoms with Gasteiger partial charge in [-0.05, 0) is 48.0 Å². The molecule has 3 heteroatoms. The standard InChI is InChI=1S/C12H16FNS/c13-11-3-1-9(2-4-11)7-12(14)10-5-6-15-8-10/h1-4,10,12H,5-8,14H2. The Labute approximate surface area is 94.2 Å². The minimum atomic E-state index is -0.177. The van der Waals surface area contributed by atoms with Crippen molar-refractivity contribution in [2.75, 3.05) is 11.5 Å². The second kappa shape index (κ2) is 4.99. The molecule has 0 amide bonds. The van der Waals surface area contributed by atoms with Gasteiger partial charge in [-0.3, -0.25) is 0 Å². The predicted molar refractivity (Wildman–Crippen MR) is 63.5 cm³/mol. The molecule has 82 valence electrons. The van der Waals surface area contributed by atoms with Crippen molar-refractivity contribution >= 4 is 11.8 Å². The Kier molecular flexibility index (Phi) is 3.65. The van der Waals surface area contributed by atoms with E-state index in [0.717, 1.165) is 12.0 Å². The van der Waals surface area contributed by atoms with Crippen molar-refractivity contribution in [3.63, 3.8) is 0 Å². The van der Waals surface area contributed by atoms with Gasteiger partial charge in [0.25, 0.3) is 0 Å². The first-order valence-corrected chi connectivity index (χ1v) is 6.49. The third kappa shape index (κ3) is 2.95. The highest BCUT2D eigenvalue weighted by Gasteiger charge is 2.22. The van der Waals surface area contributed by atoms with E-state index in [1.807, 2.05) is 23.9 Å². The third-order valence-electron chi connectivity index (χ3n) is 2.96. The molecule has 1 saturated heterocycles. The molecule has 1 aromatic rings. The Balaban J connectivity index is 1.92. The Hall–Kier alpha value is -0.540. The molecule has 2 N–H and O–H groups in total. The fourth-order valence-corrected chi connectivity index (χ4v) is 3.30. The lowest BCUT2D eigenvalue weighted by molar-refractivity contribution is 0.462. The van der Waals surface area contributed by atoms with Crippen LogP contribution in [-0.2, 0) is 6.42 Å². The van der Waals surface area contributed by atoms with E-state index in [9.17, 15) is 4.39 Å². The van der Waals surface area contributed by atoms with Crippen LogP contribution in [0.15, 0.2) is 24.3 Å². The Morgan fingerprint density at radius 3 is 2.73 bits per heavy atom. The van der Waals surface area contributed by atoms with Crippen LogP contribution in [0.2, 0.25) is 0 Å². The number of thioether (sulfide) groups is 1. The molecule has 1 aliphatic rings. The lowest BCUT2D eigenvalue weighted by Crippen LogP contribution is -2.32. The second-order valence-corrected chi connectivity index (χ2v) is 5.27. The van der Waals surface area contributed by atoms with Gasteiger partial charge in [-0.1, -0.05) is 12.1 Å². The van der Waals surface area contributed by atoms with Crippen molar-refractivity contribution in [2.24, 2.45) is 11.7 Å². The number of nitrogens with two attached hydrogens (primary N) is 1. The lowest BCUT2D eigenvalue weighted by Gasteiger charge is -2.18. The molecule has 2 unspecified atom stereocenters. The third-order valence-corrected chi connectivity index (χ3v) is 4.14. The topological polar surface area (TPSA) is 26.0 Å². The summed E-state index contributed by atoms with van der Waals surface area (Å²) in [5.74, 6) is 2.88. The van der Waals surface area contributed by atoms with E-state index in [2.05, 4.69) is 0 Å². The second-order valence-electron chi connectivity index (χ2n) is 4.12. The highest BCUT2D eigenvalue weighted by Crippen LogP contribution is 2.26. The van der Waals surface area contributed by atoms with E-state index >= 15 is 0 Å². The van der Waals surface area contributed by atoms with Crippen LogP contribution in [0.5, 0.6) is 0 Å². The minimum absolute atomic E-state index is 0.177. The van der Waals surface area contributed by atoms with Gasteiger partial charge in [-0.2, -0.15) is 11.8 Å². The first-order valence-electron chi connectivity index (χ1n) is 5.33. The molecular formula is C12H16FNS. The fraction of sp³-hybridized carbons (Fsp3) is 0.500. The first-order chi connectivity index (χ1) is 7.25. The highest BCUT2D eigenvalue weighted by atomic mass is 32.2. The molecule has 0 aromatic heterocycles. The van der Waals surface area contributed by atoms with Crippen molar-refractivity contribution < 1.29 is 4.39 Å². The van der Waals surface area contributed by atoms with Gasteiger partial charge in [0.2, 0.25) is 0 Å². The van der Waals surface area contributed by atoms with Crippen LogP contribution in [-0.4, -0.2) is 17.5 Å². The summed E-state index contributed by atoms with van der Waals surface area (Å²) in [7, 11) is 0. The van der Waals surface area contributed by atoms with Crippen LogP contribution in [0, 0.1) is 11.7 Å². The SMILES string of the molecule is NC(Cc1ccc(F)cc1)C1CCSC1. The monoisotopic (exact) mass is 225 g/mol. The van der Waals surface area contributed by atoms with Crippen molar-refractivity contribution in [2.45, 2.75) is 18.9 Å². The number of hydrogen-bond acceptors (Lipinski definition) is 2. The summed E-state index contributed by atoms with van der Waals surface area (Å²) in [5.41, 5.74) is 7.28. The van der Waals surface area contributed by atoms with E-state index in [4.69, 9.17) is 5.73 Å². The zero-order chi connectivity index (χ0) is 10.7. The molecule has 0 saturated carbocycles. The number of halogens is 1. The fourth-order valence-electron chi connectivity index (χ4n) is 1.95. The van der Waals surface area contributed by atoms with Crippen LogP contribution in [0.4, 0.5) is 4.39 Å². The van der Waals surface area contributed by atoms with Crippen LogP contribution < -0.4 is 5.73 Å². The molecule has 15 heavy (non-hydrogen) atoms. The Bertz CT molecular complexity index is 306. The molecule has 2 rings (SSSR count). The van der Waals surface area contributed by atoms with Gasteiger partial charge >= 0.3 is 0 Å². The van der Waals surface area contributed by atoms with E-state index in [1.165, 1.54) is 30.1 Å². The maximum absolute atomic E-state index is 12.7. The van der Waals surface area contributed by atoms with Crippen LogP contribution in [0.3, 0.4) is 0 Å². The molecule has 0 aliphatic carbocycles. The zero-order valence-electron chi connectivity index (χ0n) is 8.66. The summed E-state index contributed by atoms with van der Waals surface area (Å²) in [4.78, 5) is 0. The Morgan fingerprint density at radius 2 is 2.13 bits per heavy atom. The van der Waals surface area contributed by atoms with Crippen molar-refractivity contribution in [3.05, 3.63) is 35.6 Å². The smallest absolute Gasteiger partial charge is 0.123 e. The molecule has 1 fully saturated rings. The molecule has 1 aromatic carbocycles. The average Bonchev–Trinajstić information content (AvgIpc) is 2.74. The normalized spacial score (nSPS) is 22.9. The van der Waals surface area contributed by atoms with Gasteiger partial charge in [-0.25, -0.2) is 4.39 Å². The summed E-state index contributed by atoms with van der Waals surface area (Å²) < 4.78 is 12.7. The van der Waals surface area contributed by atoms with E-state index < -0.39 is 0 Å². The van der Waals surface area contributed by atoms with Gasteiger partial charge in [0.05, 0.1) is 0 Å². The molecule has 2 atom stereocenters. The van der Waals surface area contributed by atoms with E-state index in [1.54, 1.807) is 0 Å². The van der Waals surface area contributed by atoms with E-state index in [-0.39, 0.29) is 11.9 Å². The van der Waals surface area contributed by atoms with Gasteiger partial charge in [0.1, 0.15) is 5.82 Å².